The fourth-order valence-electron chi connectivity index (χ4n) is 3.15. The number of nitrogens with zero attached hydrogens (tertiary/aromatic N) is 3. The molecule has 1 fully saturated rings. The first kappa shape index (κ1) is 14.2. The molecule has 0 amide bonds. The van der Waals surface area contributed by atoms with Crippen molar-refractivity contribution in [3.63, 3.8) is 0 Å². The summed E-state index contributed by atoms with van der Waals surface area (Å²) in [6.45, 7) is 3.35. The number of nitrogens with two attached hydrogens (primary N) is 1. The van der Waals surface area contributed by atoms with Crippen LogP contribution in [0.15, 0.2) is 18.2 Å². The van der Waals surface area contributed by atoms with E-state index < -0.39 is 0 Å². The standard InChI is InChI=1S/C16H24N4O/c1-19-8-5-12(6-9-19)7-10-20-15-11-13(21-2)3-4-14(15)18-16(20)17/h3-4,11-12H,5-10H2,1-2H3,(H2,17,18). The first-order valence-corrected chi connectivity index (χ1v) is 7.65. The van der Waals surface area contributed by atoms with E-state index in [2.05, 4.69) is 21.5 Å². The van der Waals surface area contributed by atoms with Crippen molar-refractivity contribution in [3.8, 4) is 5.75 Å². The zero-order valence-electron chi connectivity index (χ0n) is 12.9. The highest BCUT2D eigenvalue weighted by molar-refractivity contribution is 5.79. The van der Waals surface area contributed by atoms with E-state index in [1.165, 1.54) is 32.4 Å². The summed E-state index contributed by atoms with van der Waals surface area (Å²) in [6.07, 6.45) is 3.74. The van der Waals surface area contributed by atoms with Crippen molar-refractivity contribution < 1.29 is 4.74 Å². The summed E-state index contributed by atoms with van der Waals surface area (Å²) in [6, 6.07) is 5.92. The number of likely N-dealkylation sites (tertiary alicyclic amines) is 1. The minimum atomic E-state index is 0.603. The second kappa shape index (κ2) is 5.93. The number of hydrogen-bond acceptors (Lipinski definition) is 4. The molecule has 1 aliphatic rings. The molecule has 0 unspecified atom stereocenters. The van der Waals surface area contributed by atoms with Crippen LogP contribution >= 0.6 is 0 Å². The van der Waals surface area contributed by atoms with Gasteiger partial charge in [0.1, 0.15) is 5.75 Å². The number of imidazole rings is 1. The molecular formula is C16H24N4O. The molecule has 3 rings (SSSR count). The van der Waals surface area contributed by atoms with E-state index in [-0.39, 0.29) is 0 Å². The molecule has 0 bridgehead atoms. The Labute approximate surface area is 125 Å². The zero-order chi connectivity index (χ0) is 14.8. The molecule has 114 valence electrons. The van der Waals surface area contributed by atoms with Crippen LogP contribution in [0, 0.1) is 5.92 Å². The molecule has 0 saturated carbocycles. The van der Waals surface area contributed by atoms with Crippen LogP contribution < -0.4 is 10.5 Å². The van der Waals surface area contributed by atoms with Crippen LogP contribution in [0.4, 0.5) is 5.95 Å². The maximum absolute atomic E-state index is 6.09. The third-order valence-electron chi connectivity index (χ3n) is 4.58. The molecule has 2 aromatic rings. The summed E-state index contributed by atoms with van der Waals surface area (Å²) in [5, 5.41) is 0. The average molecular weight is 288 g/mol. The first-order valence-electron chi connectivity index (χ1n) is 7.65. The SMILES string of the molecule is COc1ccc2nc(N)n(CCC3CCN(C)CC3)c2c1. The molecule has 0 spiro atoms. The third-order valence-corrected chi connectivity index (χ3v) is 4.58. The Morgan fingerprint density at radius 2 is 2.10 bits per heavy atom. The molecule has 0 radical (unpaired) electrons. The van der Waals surface area contributed by atoms with E-state index in [1.54, 1.807) is 7.11 Å². The summed E-state index contributed by atoms with van der Waals surface area (Å²) in [5.74, 6) is 2.25. The number of aromatic nitrogens is 2. The molecule has 2 heterocycles. The summed E-state index contributed by atoms with van der Waals surface area (Å²) in [7, 11) is 3.88. The number of anilines is 1. The van der Waals surface area contributed by atoms with Gasteiger partial charge in [0, 0.05) is 12.6 Å². The molecule has 5 heteroatoms. The topological polar surface area (TPSA) is 56.3 Å². The number of nitrogen functional groups attached to an aromatic ring is 1. The highest BCUT2D eigenvalue weighted by Gasteiger charge is 2.17. The van der Waals surface area contributed by atoms with Crippen LogP contribution in [0.3, 0.4) is 0 Å². The Balaban J connectivity index is 1.75. The largest absolute Gasteiger partial charge is 0.497 e. The van der Waals surface area contributed by atoms with Crippen molar-refractivity contribution in [1.29, 1.82) is 0 Å². The quantitative estimate of drug-likeness (QED) is 0.938. The van der Waals surface area contributed by atoms with Crippen LogP contribution in [0.5, 0.6) is 5.75 Å². The molecule has 1 aliphatic heterocycles. The van der Waals surface area contributed by atoms with Gasteiger partial charge in [-0.1, -0.05) is 0 Å². The van der Waals surface area contributed by atoms with E-state index >= 15 is 0 Å². The van der Waals surface area contributed by atoms with Crippen molar-refractivity contribution in [2.75, 3.05) is 33.0 Å². The molecule has 1 saturated heterocycles. The van der Waals surface area contributed by atoms with Gasteiger partial charge in [-0.3, -0.25) is 0 Å². The van der Waals surface area contributed by atoms with E-state index in [0.717, 1.165) is 29.2 Å². The predicted molar refractivity (Wildman–Crippen MR) is 85.5 cm³/mol. The minimum absolute atomic E-state index is 0.603. The Bertz CT molecular complexity index is 614. The van der Waals surface area contributed by atoms with Gasteiger partial charge in [0.15, 0.2) is 0 Å². The minimum Gasteiger partial charge on any atom is -0.497 e. The van der Waals surface area contributed by atoms with Gasteiger partial charge in [-0.05, 0) is 57.5 Å². The number of fused-ring (bicyclic) bond motifs is 1. The van der Waals surface area contributed by atoms with E-state index in [9.17, 15) is 0 Å². The number of methoxy groups -OCH3 is 1. The fraction of sp³-hybridized carbons (Fsp3) is 0.562. The first-order chi connectivity index (χ1) is 10.2. The lowest BCUT2D eigenvalue weighted by molar-refractivity contribution is 0.208. The molecule has 1 aromatic carbocycles. The summed E-state index contributed by atoms with van der Waals surface area (Å²) < 4.78 is 7.43. The van der Waals surface area contributed by atoms with Gasteiger partial charge in [0.25, 0.3) is 0 Å². The second-order valence-electron chi connectivity index (χ2n) is 6.01. The monoisotopic (exact) mass is 288 g/mol. The summed E-state index contributed by atoms with van der Waals surface area (Å²) in [4.78, 5) is 6.85. The van der Waals surface area contributed by atoms with Crippen LogP contribution in [0.25, 0.3) is 11.0 Å². The maximum atomic E-state index is 6.09. The predicted octanol–water partition coefficient (Wildman–Crippen LogP) is 2.36. The number of benzene rings is 1. The molecule has 2 N–H and O–H groups in total. The number of aryl methyl sites for hydroxylation is 1. The Morgan fingerprint density at radius 3 is 2.81 bits per heavy atom. The Morgan fingerprint density at radius 1 is 1.33 bits per heavy atom. The van der Waals surface area contributed by atoms with Crippen LogP contribution in [0.1, 0.15) is 19.3 Å². The highest BCUT2D eigenvalue weighted by atomic mass is 16.5. The van der Waals surface area contributed by atoms with Gasteiger partial charge in [-0.15, -0.1) is 0 Å². The molecule has 0 atom stereocenters. The summed E-state index contributed by atoms with van der Waals surface area (Å²) in [5.41, 5.74) is 8.10. The summed E-state index contributed by atoms with van der Waals surface area (Å²) >= 11 is 0. The number of piperidine rings is 1. The van der Waals surface area contributed by atoms with Gasteiger partial charge in [0.05, 0.1) is 18.1 Å². The molecule has 5 nitrogen and oxygen atoms in total. The van der Waals surface area contributed by atoms with Crippen LogP contribution in [-0.2, 0) is 6.54 Å². The smallest absolute Gasteiger partial charge is 0.201 e. The Kier molecular flexibility index (Phi) is 4.01. The molecule has 1 aromatic heterocycles. The normalized spacial score (nSPS) is 17.4. The van der Waals surface area contributed by atoms with Gasteiger partial charge in [-0.25, -0.2) is 4.98 Å². The van der Waals surface area contributed by atoms with Gasteiger partial charge in [-0.2, -0.15) is 0 Å². The van der Waals surface area contributed by atoms with Gasteiger partial charge in [0.2, 0.25) is 5.95 Å². The lowest BCUT2D eigenvalue weighted by Crippen LogP contribution is -2.30. The van der Waals surface area contributed by atoms with Crippen molar-refractivity contribution in [2.45, 2.75) is 25.8 Å². The second-order valence-corrected chi connectivity index (χ2v) is 6.01. The lowest BCUT2D eigenvalue weighted by atomic mass is 9.94. The number of hydrogen-bond donors (Lipinski definition) is 1. The molecule has 0 aliphatic carbocycles. The van der Waals surface area contributed by atoms with Crippen LogP contribution in [-0.4, -0.2) is 41.7 Å². The number of rotatable bonds is 4. The number of ether oxygens (including phenoxy) is 1. The van der Waals surface area contributed by atoms with E-state index in [4.69, 9.17) is 10.5 Å². The van der Waals surface area contributed by atoms with E-state index in [1.807, 2.05) is 18.2 Å². The van der Waals surface area contributed by atoms with Crippen molar-refractivity contribution in [1.82, 2.24) is 14.5 Å². The molecule has 21 heavy (non-hydrogen) atoms. The third kappa shape index (κ3) is 2.97. The molecular weight excluding hydrogens is 264 g/mol. The highest BCUT2D eigenvalue weighted by Crippen LogP contribution is 2.26. The van der Waals surface area contributed by atoms with Crippen molar-refractivity contribution >= 4 is 17.0 Å². The Hall–Kier alpha value is -1.75. The van der Waals surface area contributed by atoms with Crippen molar-refractivity contribution in [3.05, 3.63) is 18.2 Å². The van der Waals surface area contributed by atoms with Gasteiger partial charge < -0.3 is 19.9 Å². The lowest BCUT2D eigenvalue weighted by Gasteiger charge is -2.29. The van der Waals surface area contributed by atoms with E-state index in [0.29, 0.717) is 5.95 Å². The fourth-order valence-corrected chi connectivity index (χ4v) is 3.15. The average Bonchev–Trinajstić information content (AvgIpc) is 2.81. The van der Waals surface area contributed by atoms with Crippen molar-refractivity contribution in [2.24, 2.45) is 5.92 Å². The zero-order valence-corrected chi connectivity index (χ0v) is 12.9. The van der Waals surface area contributed by atoms with Crippen LogP contribution in [0.2, 0.25) is 0 Å². The maximum Gasteiger partial charge on any atom is 0.201 e. The van der Waals surface area contributed by atoms with Gasteiger partial charge >= 0.3 is 0 Å².